The molecule has 0 heterocycles. The first kappa shape index (κ1) is 35.0. The van der Waals surface area contributed by atoms with Crippen LogP contribution >= 0.6 is 0 Å². The summed E-state index contributed by atoms with van der Waals surface area (Å²) in [5.74, 6) is 0.565. The van der Waals surface area contributed by atoms with Crippen LogP contribution in [0.25, 0.3) is 11.1 Å². The SMILES string of the molecule is CCOC(=O)c1ccc(CC(=O)c2ccc(-c3ccc(OCCCCCCCCCCC(OCC)OCC)cc3)cc2)cc1. The van der Waals surface area contributed by atoms with Crippen molar-refractivity contribution in [2.45, 2.75) is 91.3 Å². The Kier molecular flexibility index (Phi) is 16.3. The summed E-state index contributed by atoms with van der Waals surface area (Å²) in [7, 11) is 0. The molecular formula is C38H50O6. The van der Waals surface area contributed by atoms with E-state index in [9.17, 15) is 9.59 Å². The van der Waals surface area contributed by atoms with Crippen molar-refractivity contribution in [1.82, 2.24) is 0 Å². The molecule has 0 saturated carbocycles. The molecule has 3 aromatic rings. The number of rotatable bonds is 22. The van der Waals surface area contributed by atoms with E-state index in [1.165, 1.54) is 44.9 Å². The third-order valence-corrected chi connectivity index (χ3v) is 7.53. The fraction of sp³-hybridized carbons (Fsp3) is 0.474. The molecule has 0 radical (unpaired) electrons. The number of carbonyl (C=O) groups excluding carboxylic acids is 2. The molecule has 44 heavy (non-hydrogen) atoms. The molecule has 0 fully saturated rings. The molecule has 6 nitrogen and oxygen atoms in total. The Bertz CT molecular complexity index is 1210. The van der Waals surface area contributed by atoms with E-state index in [-0.39, 0.29) is 24.5 Å². The lowest BCUT2D eigenvalue weighted by molar-refractivity contribution is -0.140. The van der Waals surface area contributed by atoms with E-state index in [0.29, 0.717) is 30.9 Å². The lowest BCUT2D eigenvalue weighted by atomic mass is 9.99. The molecule has 0 amide bonds. The smallest absolute Gasteiger partial charge is 0.338 e. The van der Waals surface area contributed by atoms with Gasteiger partial charge in [-0.3, -0.25) is 4.79 Å². The lowest BCUT2D eigenvalue weighted by Gasteiger charge is -2.16. The van der Waals surface area contributed by atoms with Crippen molar-refractivity contribution in [1.29, 1.82) is 0 Å². The molecule has 6 heteroatoms. The molecule has 238 valence electrons. The Hall–Kier alpha value is -3.48. The molecule has 0 atom stereocenters. The number of Topliss-reactive ketones (excluding diaryl/α,β-unsaturated/α-hetero) is 1. The van der Waals surface area contributed by atoms with Crippen molar-refractivity contribution in [3.8, 4) is 16.9 Å². The highest BCUT2D eigenvalue weighted by Crippen LogP contribution is 2.24. The Morgan fingerprint density at radius 2 is 1.11 bits per heavy atom. The number of esters is 1. The van der Waals surface area contributed by atoms with Gasteiger partial charge in [0.15, 0.2) is 12.1 Å². The standard InChI is InChI=1S/C38H50O6/c1-4-41-37(42-5-2)15-13-11-9-7-8-10-12-14-28-44-35-26-24-32(25-27-35)31-20-22-33(23-21-31)36(39)29-30-16-18-34(19-17-30)38(40)43-6-3/h16-27,37H,4-15,28-29H2,1-3H3. The fourth-order valence-electron chi connectivity index (χ4n) is 5.10. The van der Waals surface area contributed by atoms with Crippen molar-refractivity contribution >= 4 is 11.8 Å². The van der Waals surface area contributed by atoms with Crippen molar-refractivity contribution < 1.29 is 28.5 Å². The number of hydrogen-bond donors (Lipinski definition) is 0. The summed E-state index contributed by atoms with van der Waals surface area (Å²) in [6, 6.07) is 22.8. The Morgan fingerprint density at radius 1 is 0.591 bits per heavy atom. The van der Waals surface area contributed by atoms with Gasteiger partial charge in [-0.05, 0) is 81.0 Å². The number of ketones is 1. The van der Waals surface area contributed by atoms with Gasteiger partial charge in [-0.15, -0.1) is 0 Å². The maximum absolute atomic E-state index is 12.8. The number of ether oxygens (including phenoxy) is 4. The molecular weight excluding hydrogens is 552 g/mol. The molecule has 3 aromatic carbocycles. The zero-order chi connectivity index (χ0) is 31.4. The van der Waals surface area contributed by atoms with Gasteiger partial charge in [0.2, 0.25) is 0 Å². The maximum atomic E-state index is 12.8. The Labute approximate surface area is 264 Å². The van der Waals surface area contributed by atoms with Crippen LogP contribution in [-0.2, 0) is 20.6 Å². The Morgan fingerprint density at radius 3 is 1.68 bits per heavy atom. The van der Waals surface area contributed by atoms with Gasteiger partial charge >= 0.3 is 5.97 Å². The van der Waals surface area contributed by atoms with E-state index in [1.54, 1.807) is 31.2 Å². The van der Waals surface area contributed by atoms with Gasteiger partial charge in [0, 0.05) is 25.2 Å². The molecule has 0 saturated heterocycles. The van der Waals surface area contributed by atoms with E-state index < -0.39 is 0 Å². The van der Waals surface area contributed by atoms with Crippen LogP contribution in [0.4, 0.5) is 0 Å². The van der Waals surface area contributed by atoms with Crippen molar-refractivity contribution in [3.63, 3.8) is 0 Å². The zero-order valence-corrected chi connectivity index (χ0v) is 26.9. The van der Waals surface area contributed by atoms with Crippen LogP contribution in [0.2, 0.25) is 0 Å². The average molecular weight is 603 g/mol. The molecule has 0 N–H and O–H groups in total. The van der Waals surface area contributed by atoms with E-state index in [2.05, 4.69) is 12.1 Å². The normalized spacial score (nSPS) is 11.1. The molecule has 0 aromatic heterocycles. The third-order valence-electron chi connectivity index (χ3n) is 7.53. The quantitative estimate of drug-likeness (QED) is 0.0494. The van der Waals surface area contributed by atoms with E-state index in [1.807, 2.05) is 50.2 Å². The first-order valence-corrected chi connectivity index (χ1v) is 16.4. The van der Waals surface area contributed by atoms with Gasteiger partial charge in [-0.25, -0.2) is 4.79 Å². The molecule has 0 aliphatic carbocycles. The molecule has 0 bridgehead atoms. The van der Waals surface area contributed by atoms with E-state index in [4.69, 9.17) is 18.9 Å². The molecule has 0 aliphatic heterocycles. The average Bonchev–Trinajstić information content (AvgIpc) is 3.04. The largest absolute Gasteiger partial charge is 0.494 e. The van der Waals surface area contributed by atoms with E-state index in [0.717, 1.165) is 41.9 Å². The number of carbonyl (C=O) groups is 2. The van der Waals surface area contributed by atoms with Crippen molar-refractivity contribution in [3.05, 3.63) is 89.5 Å². The molecule has 0 spiro atoms. The summed E-state index contributed by atoms with van der Waals surface area (Å²) < 4.78 is 22.2. The maximum Gasteiger partial charge on any atom is 0.338 e. The van der Waals surface area contributed by atoms with Gasteiger partial charge in [-0.1, -0.05) is 87.1 Å². The van der Waals surface area contributed by atoms with Crippen molar-refractivity contribution in [2.24, 2.45) is 0 Å². The first-order valence-electron chi connectivity index (χ1n) is 16.4. The predicted octanol–water partition coefficient (Wildman–Crippen LogP) is 9.24. The second-order valence-electron chi connectivity index (χ2n) is 10.9. The summed E-state index contributed by atoms with van der Waals surface area (Å²) in [4.78, 5) is 24.6. The van der Waals surface area contributed by atoms with E-state index >= 15 is 0 Å². The van der Waals surface area contributed by atoms with Gasteiger partial charge < -0.3 is 18.9 Å². The van der Waals surface area contributed by atoms with Gasteiger partial charge in [0.1, 0.15) is 5.75 Å². The third kappa shape index (κ3) is 12.6. The fourth-order valence-corrected chi connectivity index (χ4v) is 5.10. The zero-order valence-electron chi connectivity index (χ0n) is 26.9. The molecule has 0 unspecified atom stereocenters. The number of benzene rings is 3. The van der Waals surface area contributed by atoms with Crippen LogP contribution in [0, 0.1) is 0 Å². The topological polar surface area (TPSA) is 71.1 Å². The second-order valence-corrected chi connectivity index (χ2v) is 10.9. The lowest BCUT2D eigenvalue weighted by Crippen LogP contribution is -2.17. The van der Waals surface area contributed by atoms with Crippen molar-refractivity contribution in [2.75, 3.05) is 26.4 Å². The monoisotopic (exact) mass is 602 g/mol. The van der Waals surface area contributed by atoms with Crippen LogP contribution in [0.3, 0.4) is 0 Å². The minimum absolute atomic E-state index is 0.0340. The number of hydrogen-bond acceptors (Lipinski definition) is 6. The highest BCUT2D eigenvalue weighted by atomic mass is 16.7. The molecule has 3 rings (SSSR count). The summed E-state index contributed by atoms with van der Waals surface area (Å²) >= 11 is 0. The Balaban J connectivity index is 1.30. The minimum atomic E-state index is -0.352. The van der Waals surface area contributed by atoms with Crippen LogP contribution in [0.5, 0.6) is 5.75 Å². The van der Waals surface area contributed by atoms with Crippen LogP contribution in [0.1, 0.15) is 105 Å². The highest BCUT2D eigenvalue weighted by molar-refractivity contribution is 5.98. The second kappa shape index (κ2) is 20.5. The van der Waals surface area contributed by atoms with Crippen LogP contribution < -0.4 is 4.74 Å². The summed E-state index contributed by atoms with van der Waals surface area (Å²) in [6.45, 7) is 8.29. The first-order chi connectivity index (χ1) is 21.5. The van der Waals surface area contributed by atoms with Gasteiger partial charge in [-0.2, -0.15) is 0 Å². The highest BCUT2D eigenvalue weighted by Gasteiger charge is 2.11. The summed E-state index contributed by atoms with van der Waals surface area (Å²) in [5.41, 5.74) is 4.14. The summed E-state index contributed by atoms with van der Waals surface area (Å²) in [5, 5.41) is 0. The van der Waals surface area contributed by atoms with Gasteiger partial charge in [0.05, 0.1) is 18.8 Å². The minimum Gasteiger partial charge on any atom is -0.494 e. The predicted molar refractivity (Wildman–Crippen MR) is 176 cm³/mol. The van der Waals surface area contributed by atoms with Crippen LogP contribution in [0.15, 0.2) is 72.8 Å². The van der Waals surface area contributed by atoms with Gasteiger partial charge in [0.25, 0.3) is 0 Å². The molecule has 0 aliphatic rings. The van der Waals surface area contributed by atoms with Crippen LogP contribution in [-0.4, -0.2) is 44.5 Å². The number of unbranched alkanes of at least 4 members (excludes halogenated alkanes) is 7. The summed E-state index contributed by atoms with van der Waals surface area (Å²) in [6.07, 6.45) is 11.0.